The zero-order valence-corrected chi connectivity index (χ0v) is 12.3. The topological polar surface area (TPSA) is 85.1 Å². The number of thiophene rings is 1. The maximum atomic E-state index is 5.41. The lowest BCUT2D eigenvalue weighted by atomic mass is 10.2. The number of anilines is 2. The normalized spacial score (nSPS) is 10.6. The Morgan fingerprint density at radius 2 is 2.10 bits per heavy atom. The number of nitrogens with two attached hydrogens (primary N) is 1. The number of nitrogen functional groups attached to an aromatic ring is 1. The van der Waals surface area contributed by atoms with E-state index < -0.39 is 0 Å². The molecule has 6 nitrogen and oxygen atoms in total. The molecule has 0 atom stereocenters. The molecular weight excluding hydrogens is 286 g/mol. The van der Waals surface area contributed by atoms with Gasteiger partial charge in [-0.2, -0.15) is 4.98 Å². The summed E-state index contributed by atoms with van der Waals surface area (Å²) >= 11 is 1.55. The number of ether oxygens (including phenoxy) is 1. The van der Waals surface area contributed by atoms with E-state index in [1.54, 1.807) is 18.4 Å². The quantitative estimate of drug-likeness (QED) is 0.496. The molecule has 3 rings (SSSR count). The van der Waals surface area contributed by atoms with Gasteiger partial charge in [-0.05, 0) is 17.5 Å². The number of para-hydroxylation sites is 1. The molecule has 0 bridgehead atoms. The Balaban J connectivity index is 1.89. The second-order valence-electron chi connectivity index (χ2n) is 4.34. The van der Waals surface area contributed by atoms with Crippen LogP contribution in [0.15, 0.2) is 35.7 Å². The third-order valence-corrected chi connectivity index (χ3v) is 3.90. The summed E-state index contributed by atoms with van der Waals surface area (Å²) < 4.78 is 5.35. The van der Waals surface area contributed by atoms with Crippen LogP contribution in [-0.2, 0) is 6.54 Å². The third-order valence-electron chi connectivity index (χ3n) is 3.09. The van der Waals surface area contributed by atoms with Crippen molar-refractivity contribution in [3.05, 3.63) is 41.3 Å². The summed E-state index contributed by atoms with van der Waals surface area (Å²) in [4.78, 5) is 9.57. The molecule has 0 amide bonds. The number of nitrogens with one attached hydrogen (secondary N) is 2. The number of methoxy groups -OCH3 is 1. The van der Waals surface area contributed by atoms with Crippen LogP contribution in [0.1, 0.15) is 5.56 Å². The average molecular weight is 301 g/mol. The van der Waals surface area contributed by atoms with Crippen LogP contribution in [-0.4, -0.2) is 17.1 Å². The maximum Gasteiger partial charge on any atom is 0.240 e. The summed E-state index contributed by atoms with van der Waals surface area (Å²) in [6.07, 6.45) is 0. The van der Waals surface area contributed by atoms with E-state index in [2.05, 4.69) is 20.7 Å². The average Bonchev–Trinajstić information content (AvgIpc) is 3.01. The van der Waals surface area contributed by atoms with Gasteiger partial charge in [0.25, 0.3) is 0 Å². The lowest BCUT2D eigenvalue weighted by Gasteiger charge is -2.11. The Morgan fingerprint density at radius 1 is 1.24 bits per heavy atom. The SMILES string of the molecule is COc1ccccc1CNc1nc(NN)nc2sccc12. The van der Waals surface area contributed by atoms with Gasteiger partial charge in [0.15, 0.2) is 0 Å². The summed E-state index contributed by atoms with van der Waals surface area (Å²) in [6, 6.07) is 9.86. The molecule has 0 radical (unpaired) electrons. The van der Waals surface area contributed by atoms with Gasteiger partial charge in [-0.15, -0.1) is 11.3 Å². The zero-order valence-electron chi connectivity index (χ0n) is 11.5. The molecule has 21 heavy (non-hydrogen) atoms. The van der Waals surface area contributed by atoms with E-state index in [-0.39, 0.29) is 0 Å². The number of benzene rings is 1. The molecule has 3 aromatic rings. The van der Waals surface area contributed by atoms with Crippen molar-refractivity contribution >= 4 is 33.3 Å². The monoisotopic (exact) mass is 301 g/mol. The van der Waals surface area contributed by atoms with Crippen LogP contribution in [0.4, 0.5) is 11.8 Å². The Morgan fingerprint density at radius 3 is 2.90 bits per heavy atom. The van der Waals surface area contributed by atoms with Crippen molar-refractivity contribution in [3.8, 4) is 5.75 Å². The second-order valence-corrected chi connectivity index (χ2v) is 5.24. The van der Waals surface area contributed by atoms with Gasteiger partial charge in [0.2, 0.25) is 5.95 Å². The van der Waals surface area contributed by atoms with Gasteiger partial charge in [0, 0.05) is 12.1 Å². The molecule has 0 spiro atoms. The minimum Gasteiger partial charge on any atom is -0.496 e. The Kier molecular flexibility index (Phi) is 3.85. The predicted molar refractivity (Wildman–Crippen MR) is 85.5 cm³/mol. The lowest BCUT2D eigenvalue weighted by Crippen LogP contribution is -2.12. The zero-order chi connectivity index (χ0) is 14.7. The van der Waals surface area contributed by atoms with E-state index >= 15 is 0 Å². The van der Waals surface area contributed by atoms with E-state index in [0.29, 0.717) is 12.5 Å². The van der Waals surface area contributed by atoms with Crippen molar-refractivity contribution in [1.82, 2.24) is 9.97 Å². The highest BCUT2D eigenvalue weighted by Crippen LogP contribution is 2.27. The lowest BCUT2D eigenvalue weighted by molar-refractivity contribution is 0.410. The van der Waals surface area contributed by atoms with Crippen LogP contribution >= 0.6 is 11.3 Å². The van der Waals surface area contributed by atoms with Crippen molar-refractivity contribution in [2.75, 3.05) is 17.9 Å². The molecule has 0 saturated heterocycles. The number of hydrazine groups is 1. The van der Waals surface area contributed by atoms with Crippen molar-refractivity contribution in [3.63, 3.8) is 0 Å². The molecule has 0 unspecified atom stereocenters. The van der Waals surface area contributed by atoms with E-state index in [9.17, 15) is 0 Å². The van der Waals surface area contributed by atoms with Crippen molar-refractivity contribution in [2.45, 2.75) is 6.54 Å². The van der Waals surface area contributed by atoms with Gasteiger partial charge in [-0.3, -0.25) is 5.43 Å². The van der Waals surface area contributed by atoms with Crippen LogP contribution in [0.3, 0.4) is 0 Å². The Labute approximate surface area is 126 Å². The number of aromatic nitrogens is 2. The summed E-state index contributed by atoms with van der Waals surface area (Å²) in [5.74, 6) is 7.40. The van der Waals surface area contributed by atoms with Crippen molar-refractivity contribution in [2.24, 2.45) is 5.84 Å². The summed E-state index contributed by atoms with van der Waals surface area (Å²) in [5, 5.41) is 6.28. The second kappa shape index (κ2) is 5.94. The highest BCUT2D eigenvalue weighted by atomic mass is 32.1. The minimum absolute atomic E-state index is 0.396. The molecule has 2 aromatic heterocycles. The highest BCUT2D eigenvalue weighted by Gasteiger charge is 2.09. The minimum atomic E-state index is 0.396. The van der Waals surface area contributed by atoms with Crippen LogP contribution in [0, 0.1) is 0 Å². The number of nitrogens with zero attached hydrogens (tertiary/aromatic N) is 2. The van der Waals surface area contributed by atoms with E-state index in [4.69, 9.17) is 10.6 Å². The van der Waals surface area contributed by atoms with Gasteiger partial charge in [0.05, 0.1) is 12.5 Å². The number of fused-ring (bicyclic) bond motifs is 1. The van der Waals surface area contributed by atoms with Gasteiger partial charge in [0.1, 0.15) is 16.4 Å². The van der Waals surface area contributed by atoms with Crippen LogP contribution < -0.4 is 21.3 Å². The van der Waals surface area contributed by atoms with Crippen molar-refractivity contribution in [1.29, 1.82) is 0 Å². The van der Waals surface area contributed by atoms with Crippen LogP contribution in [0.2, 0.25) is 0 Å². The first kappa shape index (κ1) is 13.6. The van der Waals surface area contributed by atoms with E-state index in [0.717, 1.165) is 27.3 Å². The predicted octanol–water partition coefficient (Wildman–Crippen LogP) is 2.60. The van der Waals surface area contributed by atoms with Gasteiger partial charge in [-0.25, -0.2) is 10.8 Å². The van der Waals surface area contributed by atoms with Crippen LogP contribution in [0.5, 0.6) is 5.75 Å². The largest absolute Gasteiger partial charge is 0.496 e. The standard InChI is InChI=1S/C14H15N5OS/c1-20-11-5-3-2-4-9(11)8-16-12-10-6-7-21-13(10)18-14(17-12)19-15/h2-7H,8,15H2,1H3,(H2,16,17,18,19). The Hall–Kier alpha value is -2.38. The molecule has 0 aliphatic rings. The fraction of sp³-hybridized carbons (Fsp3) is 0.143. The molecule has 4 N–H and O–H groups in total. The van der Waals surface area contributed by atoms with Gasteiger partial charge < -0.3 is 10.1 Å². The van der Waals surface area contributed by atoms with Gasteiger partial charge >= 0.3 is 0 Å². The summed E-state index contributed by atoms with van der Waals surface area (Å²) in [5.41, 5.74) is 3.55. The highest BCUT2D eigenvalue weighted by molar-refractivity contribution is 7.16. The molecule has 108 valence electrons. The molecule has 2 heterocycles. The molecule has 0 aliphatic carbocycles. The molecule has 0 saturated carbocycles. The molecule has 1 aromatic carbocycles. The first-order chi connectivity index (χ1) is 10.3. The smallest absolute Gasteiger partial charge is 0.240 e. The first-order valence-corrected chi connectivity index (χ1v) is 7.27. The fourth-order valence-electron chi connectivity index (χ4n) is 2.08. The van der Waals surface area contributed by atoms with E-state index in [1.807, 2.05) is 35.7 Å². The first-order valence-electron chi connectivity index (χ1n) is 6.39. The van der Waals surface area contributed by atoms with Crippen LogP contribution in [0.25, 0.3) is 10.2 Å². The molecule has 0 aliphatic heterocycles. The third kappa shape index (κ3) is 2.74. The molecular formula is C14H15N5OS. The maximum absolute atomic E-state index is 5.41. The molecule has 7 heteroatoms. The Bertz CT molecular complexity index is 758. The number of rotatable bonds is 5. The number of hydrogen-bond acceptors (Lipinski definition) is 7. The number of hydrogen-bond donors (Lipinski definition) is 3. The summed E-state index contributed by atoms with van der Waals surface area (Å²) in [7, 11) is 1.66. The van der Waals surface area contributed by atoms with E-state index in [1.165, 1.54) is 0 Å². The van der Waals surface area contributed by atoms with Gasteiger partial charge in [-0.1, -0.05) is 18.2 Å². The van der Waals surface area contributed by atoms with Crippen molar-refractivity contribution < 1.29 is 4.74 Å². The molecule has 0 fully saturated rings. The summed E-state index contributed by atoms with van der Waals surface area (Å²) in [6.45, 7) is 0.607. The fourth-order valence-corrected chi connectivity index (χ4v) is 2.85.